The fourth-order valence-electron chi connectivity index (χ4n) is 1.85. The largest absolute Gasteiger partial charge is 0.358 e. The number of H-pyrrole nitrogens is 1. The first kappa shape index (κ1) is 12.1. The van der Waals surface area contributed by atoms with E-state index in [9.17, 15) is 8.42 Å². The van der Waals surface area contributed by atoms with Crippen LogP contribution in [0.15, 0.2) is 24.3 Å². The molecule has 0 saturated carbocycles. The summed E-state index contributed by atoms with van der Waals surface area (Å²) in [7, 11) is -3.14. The van der Waals surface area contributed by atoms with Gasteiger partial charge in [0, 0.05) is 23.1 Å². The lowest BCUT2D eigenvalue weighted by atomic mass is 10.1. The number of aromatic amines is 1. The summed E-state index contributed by atoms with van der Waals surface area (Å²) >= 11 is 0. The molecule has 0 spiro atoms. The molecule has 5 heteroatoms. The van der Waals surface area contributed by atoms with Gasteiger partial charge in [0.15, 0.2) is 0 Å². The zero-order chi connectivity index (χ0) is 12.5. The SMILES string of the molecule is CCS(=O)(=O)NCc1c(C)[nH]c2ccccc12. The number of aromatic nitrogens is 1. The lowest BCUT2D eigenvalue weighted by molar-refractivity contribution is 0.582. The Bertz CT molecular complexity index is 629. The molecule has 0 atom stereocenters. The number of aryl methyl sites for hydroxylation is 1. The van der Waals surface area contributed by atoms with Crippen LogP contribution in [0.2, 0.25) is 0 Å². The monoisotopic (exact) mass is 252 g/mol. The van der Waals surface area contributed by atoms with Gasteiger partial charge >= 0.3 is 0 Å². The van der Waals surface area contributed by atoms with Crippen molar-refractivity contribution >= 4 is 20.9 Å². The van der Waals surface area contributed by atoms with Gasteiger partial charge in [-0.25, -0.2) is 13.1 Å². The molecule has 4 nitrogen and oxygen atoms in total. The molecule has 1 aromatic heterocycles. The predicted octanol–water partition coefficient (Wildman–Crippen LogP) is 1.92. The van der Waals surface area contributed by atoms with Crippen molar-refractivity contribution in [2.24, 2.45) is 0 Å². The second kappa shape index (κ2) is 4.50. The number of rotatable bonds is 4. The van der Waals surface area contributed by atoms with Crippen LogP contribution in [0.5, 0.6) is 0 Å². The molecule has 0 fully saturated rings. The molecule has 0 bridgehead atoms. The topological polar surface area (TPSA) is 62.0 Å². The number of benzene rings is 1. The van der Waals surface area contributed by atoms with E-state index in [0.29, 0.717) is 6.54 Å². The zero-order valence-corrected chi connectivity index (χ0v) is 10.8. The van der Waals surface area contributed by atoms with Crippen LogP contribution in [0.3, 0.4) is 0 Å². The molecule has 1 aromatic carbocycles. The Kier molecular flexibility index (Phi) is 3.22. The van der Waals surface area contributed by atoms with Crippen molar-refractivity contribution in [2.75, 3.05) is 5.75 Å². The molecule has 0 aliphatic heterocycles. The van der Waals surface area contributed by atoms with Crippen molar-refractivity contribution in [1.82, 2.24) is 9.71 Å². The Labute approximate surface area is 101 Å². The Morgan fingerprint density at radius 3 is 2.71 bits per heavy atom. The van der Waals surface area contributed by atoms with Crippen molar-refractivity contribution in [2.45, 2.75) is 20.4 Å². The number of fused-ring (bicyclic) bond motifs is 1. The molecule has 2 N–H and O–H groups in total. The van der Waals surface area contributed by atoms with Crippen LogP contribution >= 0.6 is 0 Å². The number of hydrogen-bond donors (Lipinski definition) is 2. The summed E-state index contributed by atoms with van der Waals surface area (Å²) in [5.41, 5.74) is 3.05. The molecule has 0 unspecified atom stereocenters. The lowest BCUT2D eigenvalue weighted by Gasteiger charge is -2.04. The third-order valence-electron chi connectivity index (χ3n) is 2.88. The standard InChI is InChI=1S/C12H16N2O2S/c1-3-17(15,16)13-8-11-9(2)14-12-7-5-4-6-10(11)12/h4-7,13-14H,3,8H2,1-2H3. The summed E-state index contributed by atoms with van der Waals surface area (Å²) in [4.78, 5) is 3.25. The van der Waals surface area contributed by atoms with Crippen LogP contribution in [0.1, 0.15) is 18.2 Å². The second-order valence-electron chi connectivity index (χ2n) is 4.00. The number of nitrogens with one attached hydrogen (secondary N) is 2. The molecular weight excluding hydrogens is 236 g/mol. The van der Waals surface area contributed by atoms with Gasteiger partial charge < -0.3 is 4.98 Å². The number of sulfonamides is 1. The summed E-state index contributed by atoms with van der Waals surface area (Å²) in [6, 6.07) is 7.89. The van der Waals surface area contributed by atoms with Crippen molar-refractivity contribution in [3.05, 3.63) is 35.5 Å². The van der Waals surface area contributed by atoms with E-state index in [1.54, 1.807) is 6.92 Å². The minimum absolute atomic E-state index is 0.106. The maximum absolute atomic E-state index is 11.4. The third kappa shape index (κ3) is 2.50. The van der Waals surface area contributed by atoms with Crippen LogP contribution in [0.4, 0.5) is 0 Å². The van der Waals surface area contributed by atoms with Crippen LogP contribution in [0, 0.1) is 6.92 Å². The van der Waals surface area contributed by atoms with Gasteiger partial charge in [-0.2, -0.15) is 0 Å². The van der Waals surface area contributed by atoms with Gasteiger partial charge in [-0.1, -0.05) is 18.2 Å². The van der Waals surface area contributed by atoms with Crippen LogP contribution in [0.25, 0.3) is 10.9 Å². The summed E-state index contributed by atoms with van der Waals surface area (Å²) in [5, 5.41) is 1.07. The maximum Gasteiger partial charge on any atom is 0.211 e. The second-order valence-corrected chi connectivity index (χ2v) is 6.09. The average Bonchev–Trinajstić information content (AvgIpc) is 2.62. The Morgan fingerprint density at radius 2 is 2.00 bits per heavy atom. The van der Waals surface area contributed by atoms with Gasteiger partial charge in [-0.15, -0.1) is 0 Å². The first-order valence-electron chi connectivity index (χ1n) is 5.57. The quantitative estimate of drug-likeness (QED) is 0.873. The number of hydrogen-bond acceptors (Lipinski definition) is 2. The van der Waals surface area contributed by atoms with Crippen molar-refractivity contribution in [3.8, 4) is 0 Å². The fraction of sp³-hybridized carbons (Fsp3) is 0.333. The number of para-hydroxylation sites is 1. The third-order valence-corrected chi connectivity index (χ3v) is 4.22. The Balaban J connectivity index is 2.33. The zero-order valence-electron chi connectivity index (χ0n) is 9.95. The van der Waals surface area contributed by atoms with Crippen molar-refractivity contribution in [3.63, 3.8) is 0 Å². The van der Waals surface area contributed by atoms with E-state index < -0.39 is 10.0 Å². The van der Waals surface area contributed by atoms with Gasteiger partial charge in [0.1, 0.15) is 0 Å². The van der Waals surface area contributed by atoms with E-state index in [2.05, 4.69) is 9.71 Å². The molecule has 0 aliphatic carbocycles. The van der Waals surface area contributed by atoms with Crippen LogP contribution < -0.4 is 4.72 Å². The molecule has 0 saturated heterocycles. The summed E-state index contributed by atoms with van der Waals surface area (Å²) in [6.45, 7) is 3.92. The molecule has 92 valence electrons. The van der Waals surface area contributed by atoms with Crippen molar-refractivity contribution in [1.29, 1.82) is 0 Å². The lowest BCUT2D eigenvalue weighted by Crippen LogP contribution is -2.24. The van der Waals surface area contributed by atoms with E-state index in [1.165, 1.54) is 0 Å². The van der Waals surface area contributed by atoms with Gasteiger partial charge in [-0.05, 0) is 25.5 Å². The highest BCUT2D eigenvalue weighted by atomic mass is 32.2. The van der Waals surface area contributed by atoms with E-state index in [0.717, 1.165) is 22.2 Å². The Morgan fingerprint density at radius 1 is 1.29 bits per heavy atom. The minimum atomic E-state index is -3.14. The molecule has 17 heavy (non-hydrogen) atoms. The van der Waals surface area contributed by atoms with Gasteiger partial charge in [0.25, 0.3) is 0 Å². The molecule has 1 heterocycles. The van der Waals surface area contributed by atoms with E-state index in [-0.39, 0.29) is 5.75 Å². The molecule has 0 radical (unpaired) electrons. The van der Waals surface area contributed by atoms with Gasteiger partial charge in [0.2, 0.25) is 10.0 Å². The summed E-state index contributed by atoms with van der Waals surface area (Å²) in [5.74, 6) is 0.106. The van der Waals surface area contributed by atoms with Gasteiger partial charge in [-0.3, -0.25) is 0 Å². The average molecular weight is 252 g/mol. The first-order chi connectivity index (χ1) is 8.03. The molecule has 2 rings (SSSR count). The molecule has 0 amide bonds. The molecule has 2 aromatic rings. The predicted molar refractivity (Wildman–Crippen MR) is 69.3 cm³/mol. The molecule has 0 aliphatic rings. The smallest absolute Gasteiger partial charge is 0.211 e. The van der Waals surface area contributed by atoms with E-state index >= 15 is 0 Å². The molecular formula is C12H16N2O2S. The van der Waals surface area contributed by atoms with Gasteiger partial charge in [0.05, 0.1) is 5.75 Å². The highest BCUT2D eigenvalue weighted by Crippen LogP contribution is 2.21. The van der Waals surface area contributed by atoms with Crippen molar-refractivity contribution < 1.29 is 8.42 Å². The summed E-state index contributed by atoms with van der Waals surface area (Å²) in [6.07, 6.45) is 0. The summed E-state index contributed by atoms with van der Waals surface area (Å²) < 4.78 is 25.4. The van der Waals surface area contributed by atoms with Crippen LogP contribution in [-0.2, 0) is 16.6 Å². The highest BCUT2D eigenvalue weighted by Gasteiger charge is 2.11. The fourth-order valence-corrected chi connectivity index (χ4v) is 2.42. The van der Waals surface area contributed by atoms with E-state index in [1.807, 2.05) is 31.2 Å². The minimum Gasteiger partial charge on any atom is -0.358 e. The van der Waals surface area contributed by atoms with E-state index in [4.69, 9.17) is 0 Å². The highest BCUT2D eigenvalue weighted by molar-refractivity contribution is 7.89. The Hall–Kier alpha value is -1.33. The normalized spacial score (nSPS) is 12.1. The first-order valence-corrected chi connectivity index (χ1v) is 7.22. The van der Waals surface area contributed by atoms with Crippen LogP contribution in [-0.4, -0.2) is 19.2 Å². The maximum atomic E-state index is 11.4.